The van der Waals surface area contributed by atoms with E-state index in [-0.39, 0.29) is 18.1 Å². The van der Waals surface area contributed by atoms with Crippen LogP contribution in [0.15, 0.2) is 0 Å². The number of carbonyl (C=O) groups is 1. The quantitative estimate of drug-likeness (QED) is 0.768. The molecule has 0 radical (unpaired) electrons. The third kappa shape index (κ3) is 2.92. The van der Waals surface area contributed by atoms with Gasteiger partial charge in [0.2, 0.25) is 0 Å². The maximum atomic E-state index is 11.2. The molecular weight excluding hydrogens is 194 g/mol. The third-order valence-corrected chi connectivity index (χ3v) is 2.90. The molecule has 1 saturated heterocycles. The molecule has 4 nitrogen and oxygen atoms in total. The number of rotatable bonds is 3. The van der Waals surface area contributed by atoms with Gasteiger partial charge in [0.1, 0.15) is 6.04 Å². The van der Waals surface area contributed by atoms with Crippen molar-refractivity contribution in [2.75, 3.05) is 13.2 Å². The maximum Gasteiger partial charge on any atom is 0.321 e. The number of hydrogen-bond donors (Lipinski definition) is 1. The molecule has 3 unspecified atom stereocenters. The van der Waals surface area contributed by atoms with Crippen LogP contribution in [0.5, 0.6) is 0 Å². The van der Waals surface area contributed by atoms with Crippen LogP contribution in [0.2, 0.25) is 0 Å². The Labute approximate surface area is 91.2 Å². The molecule has 0 spiro atoms. The van der Waals surface area contributed by atoms with Crippen molar-refractivity contribution in [1.82, 2.24) is 4.90 Å². The average Bonchev–Trinajstić information content (AvgIpc) is 2.10. The first-order valence-electron chi connectivity index (χ1n) is 5.53. The monoisotopic (exact) mass is 215 g/mol. The largest absolute Gasteiger partial charge is 0.480 e. The molecule has 15 heavy (non-hydrogen) atoms. The third-order valence-electron chi connectivity index (χ3n) is 2.90. The van der Waals surface area contributed by atoms with E-state index in [1.54, 1.807) is 0 Å². The molecule has 0 aromatic carbocycles. The minimum atomic E-state index is -0.731. The first-order valence-corrected chi connectivity index (χ1v) is 5.53. The van der Waals surface area contributed by atoms with Crippen LogP contribution >= 0.6 is 0 Å². The van der Waals surface area contributed by atoms with Crippen molar-refractivity contribution in [3.05, 3.63) is 0 Å². The summed E-state index contributed by atoms with van der Waals surface area (Å²) in [5, 5.41) is 9.22. The Morgan fingerprint density at radius 2 is 2.07 bits per heavy atom. The van der Waals surface area contributed by atoms with E-state index in [0.29, 0.717) is 13.2 Å². The molecule has 0 bridgehead atoms. The second-order valence-electron chi connectivity index (χ2n) is 4.72. The minimum absolute atomic E-state index is 0.121. The molecule has 0 amide bonds. The lowest BCUT2D eigenvalue weighted by atomic mass is 9.99. The maximum absolute atomic E-state index is 11.2. The fourth-order valence-corrected chi connectivity index (χ4v) is 2.13. The van der Waals surface area contributed by atoms with E-state index in [0.717, 1.165) is 0 Å². The summed E-state index contributed by atoms with van der Waals surface area (Å²) in [6.07, 6.45) is 0.127. The van der Waals surface area contributed by atoms with Crippen LogP contribution < -0.4 is 0 Å². The summed E-state index contributed by atoms with van der Waals surface area (Å²) < 4.78 is 5.50. The van der Waals surface area contributed by atoms with Crippen LogP contribution in [0.1, 0.15) is 27.7 Å². The second-order valence-corrected chi connectivity index (χ2v) is 4.72. The van der Waals surface area contributed by atoms with Crippen molar-refractivity contribution < 1.29 is 14.6 Å². The normalized spacial score (nSPS) is 30.5. The van der Waals surface area contributed by atoms with E-state index in [2.05, 4.69) is 0 Å². The first kappa shape index (κ1) is 12.5. The Balaban J connectivity index is 2.76. The number of ether oxygens (including phenoxy) is 1. The molecule has 88 valence electrons. The minimum Gasteiger partial charge on any atom is -0.480 e. The topological polar surface area (TPSA) is 49.8 Å². The number of nitrogens with zero attached hydrogens (tertiary/aromatic N) is 1. The van der Waals surface area contributed by atoms with Gasteiger partial charge in [0.25, 0.3) is 0 Å². The lowest BCUT2D eigenvalue weighted by molar-refractivity contribution is -0.151. The Hall–Kier alpha value is -0.610. The van der Waals surface area contributed by atoms with Crippen LogP contribution in [0.3, 0.4) is 0 Å². The zero-order chi connectivity index (χ0) is 11.6. The number of carboxylic acids is 1. The lowest BCUT2D eigenvalue weighted by Crippen LogP contribution is -2.56. The molecule has 1 fully saturated rings. The summed E-state index contributed by atoms with van der Waals surface area (Å²) in [7, 11) is 0. The molecule has 4 heteroatoms. The van der Waals surface area contributed by atoms with Gasteiger partial charge in [-0.1, -0.05) is 13.8 Å². The lowest BCUT2D eigenvalue weighted by Gasteiger charge is -2.41. The molecule has 1 aliphatic rings. The average molecular weight is 215 g/mol. The van der Waals surface area contributed by atoms with E-state index in [1.165, 1.54) is 0 Å². The molecule has 1 N–H and O–H groups in total. The second kappa shape index (κ2) is 4.94. The van der Waals surface area contributed by atoms with Crippen molar-refractivity contribution >= 4 is 5.97 Å². The fourth-order valence-electron chi connectivity index (χ4n) is 2.13. The summed E-state index contributed by atoms with van der Waals surface area (Å²) in [5.74, 6) is -0.610. The van der Waals surface area contributed by atoms with Crippen LogP contribution in [0.25, 0.3) is 0 Å². The van der Waals surface area contributed by atoms with Crippen molar-refractivity contribution in [3.8, 4) is 0 Å². The summed E-state index contributed by atoms with van der Waals surface area (Å²) in [4.78, 5) is 13.3. The van der Waals surface area contributed by atoms with Crippen molar-refractivity contribution in [1.29, 1.82) is 0 Å². The van der Waals surface area contributed by atoms with Gasteiger partial charge in [-0.2, -0.15) is 0 Å². The van der Waals surface area contributed by atoms with Crippen molar-refractivity contribution in [2.45, 2.75) is 45.9 Å². The van der Waals surface area contributed by atoms with Gasteiger partial charge in [0.15, 0.2) is 0 Å². The van der Waals surface area contributed by atoms with E-state index in [9.17, 15) is 9.90 Å². The van der Waals surface area contributed by atoms with Gasteiger partial charge in [0, 0.05) is 12.6 Å². The highest BCUT2D eigenvalue weighted by Crippen LogP contribution is 2.19. The first-order chi connectivity index (χ1) is 6.93. The van der Waals surface area contributed by atoms with E-state index >= 15 is 0 Å². The highest BCUT2D eigenvalue weighted by molar-refractivity contribution is 5.73. The molecule has 0 aromatic heterocycles. The van der Waals surface area contributed by atoms with Crippen LogP contribution in [0, 0.1) is 5.92 Å². The molecule has 1 rings (SSSR count). The zero-order valence-electron chi connectivity index (χ0n) is 9.93. The molecular formula is C11H21NO3. The Morgan fingerprint density at radius 3 is 2.53 bits per heavy atom. The van der Waals surface area contributed by atoms with Crippen LogP contribution in [-0.4, -0.2) is 47.3 Å². The van der Waals surface area contributed by atoms with E-state index in [4.69, 9.17) is 4.74 Å². The van der Waals surface area contributed by atoms with Gasteiger partial charge in [-0.3, -0.25) is 9.69 Å². The van der Waals surface area contributed by atoms with Gasteiger partial charge in [0.05, 0.1) is 12.7 Å². The number of carboxylic acid groups (broad SMARTS) is 1. The number of hydrogen-bond acceptors (Lipinski definition) is 3. The summed E-state index contributed by atoms with van der Waals surface area (Å²) in [5.41, 5.74) is 0. The zero-order valence-corrected chi connectivity index (χ0v) is 9.93. The summed E-state index contributed by atoms with van der Waals surface area (Å²) in [6, 6.07) is -0.212. The molecule has 0 aromatic rings. The number of aliphatic carboxylic acids is 1. The molecule has 1 aliphatic heterocycles. The Morgan fingerprint density at radius 1 is 1.47 bits per heavy atom. The SMILES string of the molecule is CC1CN(C(C(=O)O)C(C)C)C(C)CO1. The standard InChI is InChI=1S/C11H21NO3/c1-7(2)10(11(13)14)12-5-9(4)15-6-8(12)3/h7-10H,5-6H2,1-4H3,(H,13,14). The molecule has 3 atom stereocenters. The van der Waals surface area contributed by atoms with Gasteiger partial charge < -0.3 is 9.84 Å². The predicted molar refractivity (Wildman–Crippen MR) is 57.8 cm³/mol. The van der Waals surface area contributed by atoms with Crippen LogP contribution in [0.4, 0.5) is 0 Å². The Bertz CT molecular complexity index is 230. The highest BCUT2D eigenvalue weighted by atomic mass is 16.5. The van der Waals surface area contributed by atoms with E-state index in [1.807, 2.05) is 32.6 Å². The fraction of sp³-hybridized carbons (Fsp3) is 0.909. The summed E-state index contributed by atoms with van der Waals surface area (Å²) >= 11 is 0. The van der Waals surface area contributed by atoms with Gasteiger partial charge in [-0.15, -0.1) is 0 Å². The predicted octanol–water partition coefficient (Wildman–Crippen LogP) is 1.20. The van der Waals surface area contributed by atoms with Crippen LogP contribution in [-0.2, 0) is 9.53 Å². The van der Waals surface area contributed by atoms with Gasteiger partial charge >= 0.3 is 5.97 Å². The molecule has 1 heterocycles. The highest BCUT2D eigenvalue weighted by Gasteiger charge is 2.35. The van der Waals surface area contributed by atoms with Gasteiger partial charge in [-0.05, 0) is 19.8 Å². The van der Waals surface area contributed by atoms with Crippen molar-refractivity contribution in [2.24, 2.45) is 5.92 Å². The smallest absolute Gasteiger partial charge is 0.321 e. The molecule has 0 aliphatic carbocycles. The van der Waals surface area contributed by atoms with Gasteiger partial charge in [-0.25, -0.2) is 0 Å². The van der Waals surface area contributed by atoms with E-state index < -0.39 is 12.0 Å². The van der Waals surface area contributed by atoms with Crippen molar-refractivity contribution in [3.63, 3.8) is 0 Å². The summed E-state index contributed by atoms with van der Waals surface area (Å²) in [6.45, 7) is 9.23. The molecule has 0 saturated carbocycles. The number of morpholine rings is 1. The Kier molecular flexibility index (Phi) is 4.11.